The summed E-state index contributed by atoms with van der Waals surface area (Å²) in [7, 11) is 0. The third-order valence-electron chi connectivity index (χ3n) is 7.39. The minimum Gasteiger partial charge on any atom is -0.493 e. The lowest BCUT2D eigenvalue weighted by Gasteiger charge is -2.15. The van der Waals surface area contributed by atoms with Crippen LogP contribution in [0.5, 0.6) is 5.88 Å². The normalized spacial score (nSPS) is 11.0. The maximum atomic E-state index is 12.7. The molecule has 5 aromatic carbocycles. The molecule has 0 saturated heterocycles. The van der Waals surface area contributed by atoms with Gasteiger partial charge in [-0.1, -0.05) is 109 Å². The topological polar surface area (TPSA) is 88.2 Å². The van der Waals surface area contributed by atoms with E-state index in [0.717, 1.165) is 27.8 Å². The lowest BCUT2D eigenvalue weighted by atomic mass is 9.91. The largest absolute Gasteiger partial charge is 0.493 e. The molecule has 0 unspecified atom stereocenters. The van der Waals surface area contributed by atoms with Crippen LogP contribution in [0.25, 0.3) is 55.6 Å². The van der Waals surface area contributed by atoms with Gasteiger partial charge >= 0.3 is 0 Å². The third kappa shape index (κ3) is 5.13. The molecule has 43 heavy (non-hydrogen) atoms. The Labute approximate surface area is 248 Å². The second kappa shape index (κ2) is 11.1. The molecule has 0 aliphatic rings. The molecule has 2 aromatic heterocycles. The van der Waals surface area contributed by atoms with Crippen molar-refractivity contribution in [3.63, 3.8) is 0 Å². The number of hydrogen-bond donors (Lipinski definition) is 2. The molecule has 0 spiro atoms. The number of anilines is 1. The van der Waals surface area contributed by atoms with Gasteiger partial charge in [0.05, 0.1) is 6.20 Å². The van der Waals surface area contributed by atoms with Crippen LogP contribution >= 0.6 is 0 Å². The molecule has 206 valence electrons. The smallest absolute Gasteiger partial charge is 0.258 e. The van der Waals surface area contributed by atoms with Gasteiger partial charge in [-0.05, 0) is 51.2 Å². The molecule has 7 aromatic rings. The molecule has 0 saturated carbocycles. The molecule has 0 bridgehead atoms. The first-order valence-electron chi connectivity index (χ1n) is 13.8. The van der Waals surface area contributed by atoms with Crippen LogP contribution in [0.2, 0.25) is 0 Å². The zero-order chi connectivity index (χ0) is 29.2. The van der Waals surface area contributed by atoms with Crippen LogP contribution in [-0.2, 0) is 0 Å². The average Bonchev–Trinajstić information content (AvgIpc) is 3.53. The van der Waals surface area contributed by atoms with E-state index >= 15 is 0 Å². The van der Waals surface area contributed by atoms with Gasteiger partial charge in [-0.15, -0.1) is 0 Å². The molecule has 0 radical (unpaired) electrons. The number of aromatic nitrogens is 2. The van der Waals surface area contributed by atoms with Crippen molar-refractivity contribution in [2.24, 2.45) is 0 Å². The standard InChI is InChI=1S/C37H25N3O3/c41-35(28-12-5-2-6-13-28)40-32-23-39-37(43-32)34-33(27-10-3-1-4-11-27)31(22-38-36(34)42)26-18-15-25(16-19-26)30-20-17-24-9-7-8-14-29(24)21-30/h1-23H,(H,38,42)(H,40,41). The Morgan fingerprint density at radius 1 is 0.605 bits per heavy atom. The number of hydrogen-bond acceptors (Lipinski definition) is 5. The zero-order valence-corrected chi connectivity index (χ0v) is 22.9. The Hall–Kier alpha value is -6.01. The van der Waals surface area contributed by atoms with E-state index in [1.807, 2.05) is 48.5 Å². The van der Waals surface area contributed by atoms with Gasteiger partial charge in [-0.2, -0.15) is 0 Å². The van der Waals surface area contributed by atoms with Crippen LogP contribution in [0, 0.1) is 0 Å². The number of fused-ring (bicyclic) bond motifs is 1. The SMILES string of the molecule is O=C(Nc1cnc(-c2c(O)ncc(-c3ccc(-c4ccc5ccccc5c4)cc3)c2-c2ccccc2)o1)c1ccccc1. The van der Waals surface area contributed by atoms with E-state index in [2.05, 4.69) is 69.9 Å². The van der Waals surface area contributed by atoms with E-state index < -0.39 is 0 Å². The number of nitrogens with zero attached hydrogens (tertiary/aromatic N) is 2. The molecule has 6 nitrogen and oxygen atoms in total. The number of amides is 1. The summed E-state index contributed by atoms with van der Waals surface area (Å²) in [5, 5.41) is 16.2. The molecule has 6 heteroatoms. The molecule has 0 aliphatic carbocycles. The summed E-state index contributed by atoms with van der Waals surface area (Å²) in [6.07, 6.45) is 3.09. The van der Waals surface area contributed by atoms with Crippen molar-refractivity contribution >= 4 is 22.6 Å². The summed E-state index contributed by atoms with van der Waals surface area (Å²) in [5.74, 6) is -0.249. The van der Waals surface area contributed by atoms with Crippen LogP contribution < -0.4 is 5.32 Å². The molecule has 7 rings (SSSR count). The maximum Gasteiger partial charge on any atom is 0.258 e. The molecule has 0 fully saturated rings. The summed E-state index contributed by atoms with van der Waals surface area (Å²) in [6.45, 7) is 0. The Morgan fingerprint density at radius 3 is 2.02 bits per heavy atom. The number of nitrogens with one attached hydrogen (secondary N) is 1. The van der Waals surface area contributed by atoms with E-state index in [9.17, 15) is 9.90 Å². The van der Waals surface area contributed by atoms with Crippen molar-refractivity contribution in [2.45, 2.75) is 0 Å². The maximum absolute atomic E-state index is 12.7. The Balaban J connectivity index is 1.29. The van der Waals surface area contributed by atoms with Gasteiger partial charge in [0, 0.05) is 22.9 Å². The van der Waals surface area contributed by atoms with Gasteiger partial charge in [0.1, 0.15) is 5.56 Å². The number of aromatic hydroxyl groups is 1. The number of carbonyl (C=O) groups is 1. The first-order chi connectivity index (χ1) is 21.1. The fourth-order valence-electron chi connectivity index (χ4n) is 5.26. The molecule has 0 atom stereocenters. The van der Waals surface area contributed by atoms with E-state index in [1.54, 1.807) is 30.5 Å². The van der Waals surface area contributed by atoms with Crippen molar-refractivity contribution in [3.05, 3.63) is 145 Å². The first kappa shape index (κ1) is 25.9. The van der Waals surface area contributed by atoms with Crippen LogP contribution in [0.4, 0.5) is 5.88 Å². The predicted molar refractivity (Wildman–Crippen MR) is 170 cm³/mol. The molecule has 2 heterocycles. The highest BCUT2D eigenvalue weighted by Gasteiger charge is 2.23. The Bertz CT molecular complexity index is 2070. The van der Waals surface area contributed by atoms with Gasteiger partial charge in [0.15, 0.2) is 0 Å². The lowest BCUT2D eigenvalue weighted by molar-refractivity contribution is 0.102. The van der Waals surface area contributed by atoms with Crippen molar-refractivity contribution in [1.29, 1.82) is 0 Å². The average molecular weight is 560 g/mol. The summed E-state index contributed by atoms with van der Waals surface area (Å²) >= 11 is 0. The zero-order valence-electron chi connectivity index (χ0n) is 22.9. The van der Waals surface area contributed by atoms with E-state index in [0.29, 0.717) is 16.7 Å². The summed E-state index contributed by atoms with van der Waals surface area (Å²) in [5.41, 5.74) is 6.34. The minimum absolute atomic E-state index is 0.141. The first-order valence-corrected chi connectivity index (χ1v) is 13.8. The van der Waals surface area contributed by atoms with Gasteiger partial charge in [-0.25, -0.2) is 9.97 Å². The molecular formula is C37H25N3O3. The van der Waals surface area contributed by atoms with Crippen molar-refractivity contribution in [3.8, 4) is 50.7 Å². The highest BCUT2D eigenvalue weighted by molar-refractivity contribution is 6.03. The third-order valence-corrected chi connectivity index (χ3v) is 7.39. The lowest BCUT2D eigenvalue weighted by Crippen LogP contribution is -2.10. The van der Waals surface area contributed by atoms with Gasteiger partial charge in [-0.3, -0.25) is 10.1 Å². The second-order valence-corrected chi connectivity index (χ2v) is 10.1. The van der Waals surface area contributed by atoms with Crippen LogP contribution in [0.15, 0.2) is 144 Å². The number of rotatable bonds is 6. The molecule has 1 amide bonds. The van der Waals surface area contributed by atoms with Crippen molar-refractivity contribution in [2.75, 3.05) is 5.32 Å². The highest BCUT2D eigenvalue weighted by Crippen LogP contribution is 2.44. The van der Waals surface area contributed by atoms with Crippen LogP contribution in [-0.4, -0.2) is 21.0 Å². The number of oxazole rings is 1. The summed E-state index contributed by atoms with van der Waals surface area (Å²) in [4.78, 5) is 21.4. The molecule has 2 N–H and O–H groups in total. The summed E-state index contributed by atoms with van der Waals surface area (Å²) in [6, 6.07) is 41.6. The van der Waals surface area contributed by atoms with Gasteiger partial charge < -0.3 is 9.52 Å². The van der Waals surface area contributed by atoms with E-state index in [4.69, 9.17) is 4.42 Å². The Kier molecular flexibility index (Phi) is 6.70. The van der Waals surface area contributed by atoms with Crippen LogP contribution in [0.1, 0.15) is 10.4 Å². The van der Waals surface area contributed by atoms with Crippen LogP contribution in [0.3, 0.4) is 0 Å². The minimum atomic E-state index is -0.325. The van der Waals surface area contributed by atoms with E-state index in [-0.39, 0.29) is 23.6 Å². The Morgan fingerprint density at radius 2 is 1.26 bits per heavy atom. The van der Waals surface area contributed by atoms with Crippen molar-refractivity contribution in [1.82, 2.24) is 9.97 Å². The van der Waals surface area contributed by atoms with E-state index in [1.165, 1.54) is 17.0 Å². The summed E-state index contributed by atoms with van der Waals surface area (Å²) < 4.78 is 5.96. The fraction of sp³-hybridized carbons (Fsp3) is 0. The second-order valence-electron chi connectivity index (χ2n) is 10.1. The molecule has 0 aliphatic heterocycles. The monoisotopic (exact) mass is 559 g/mol. The highest BCUT2D eigenvalue weighted by atomic mass is 16.4. The van der Waals surface area contributed by atoms with Crippen molar-refractivity contribution < 1.29 is 14.3 Å². The fourth-order valence-corrected chi connectivity index (χ4v) is 5.26. The number of carbonyl (C=O) groups excluding carboxylic acids is 1. The number of pyridine rings is 1. The predicted octanol–water partition coefficient (Wildman–Crippen LogP) is 8.85. The van der Waals surface area contributed by atoms with Gasteiger partial charge in [0.25, 0.3) is 5.91 Å². The quantitative estimate of drug-likeness (QED) is 0.212. The van der Waals surface area contributed by atoms with Gasteiger partial charge in [0.2, 0.25) is 17.7 Å². The molecular weight excluding hydrogens is 534 g/mol. The number of benzene rings is 5.